The molecule has 2 aromatic rings. The van der Waals surface area contributed by atoms with E-state index < -0.39 is 20.0 Å². The van der Waals surface area contributed by atoms with Crippen molar-refractivity contribution < 1.29 is 16.8 Å². The molecule has 130 valence electrons. The van der Waals surface area contributed by atoms with Crippen LogP contribution in [0.3, 0.4) is 0 Å². The van der Waals surface area contributed by atoms with E-state index in [9.17, 15) is 16.8 Å². The number of hydrogen-bond donors (Lipinski definition) is 1. The van der Waals surface area contributed by atoms with Gasteiger partial charge in [-0.2, -0.15) is 0 Å². The molecule has 0 atom stereocenters. The first-order chi connectivity index (χ1) is 11.3. The van der Waals surface area contributed by atoms with Gasteiger partial charge in [0.05, 0.1) is 11.2 Å². The zero-order chi connectivity index (χ0) is 17.4. The highest BCUT2D eigenvalue weighted by molar-refractivity contribution is 7.89. The fourth-order valence-electron chi connectivity index (χ4n) is 2.93. The van der Waals surface area contributed by atoms with Crippen LogP contribution in [-0.2, 0) is 20.0 Å². The second-order valence-electron chi connectivity index (χ2n) is 6.07. The lowest BCUT2D eigenvalue weighted by atomic mass is 10.1. The van der Waals surface area contributed by atoms with E-state index in [1.54, 1.807) is 18.2 Å². The number of nitrogens with zero attached hydrogens (tertiary/aromatic N) is 1. The van der Waals surface area contributed by atoms with Gasteiger partial charge in [-0.1, -0.05) is 30.3 Å². The predicted octanol–water partition coefficient (Wildman–Crippen LogP) is 1.54. The van der Waals surface area contributed by atoms with Gasteiger partial charge in [0.1, 0.15) is 0 Å². The Balaban J connectivity index is 1.74. The van der Waals surface area contributed by atoms with Crippen LogP contribution in [-0.4, -0.2) is 46.5 Å². The number of hydrogen-bond acceptors (Lipinski definition) is 4. The molecule has 1 saturated heterocycles. The van der Waals surface area contributed by atoms with E-state index in [1.165, 1.54) is 10.6 Å². The lowest BCUT2D eigenvalue weighted by molar-refractivity contribution is 0.310. The molecule has 0 aromatic heterocycles. The Labute approximate surface area is 142 Å². The smallest absolute Gasteiger partial charge is 0.213 e. The van der Waals surface area contributed by atoms with Crippen molar-refractivity contribution in [1.29, 1.82) is 0 Å². The summed E-state index contributed by atoms with van der Waals surface area (Å²) < 4.78 is 52.3. The summed E-state index contributed by atoms with van der Waals surface area (Å²) in [5, 5.41) is 1.85. The van der Waals surface area contributed by atoms with Crippen LogP contribution >= 0.6 is 0 Å². The average molecular weight is 368 g/mol. The highest BCUT2D eigenvalue weighted by atomic mass is 32.2. The Morgan fingerprint density at radius 3 is 2.21 bits per heavy atom. The van der Waals surface area contributed by atoms with E-state index in [2.05, 4.69) is 4.72 Å². The maximum Gasteiger partial charge on any atom is 0.240 e. The van der Waals surface area contributed by atoms with Gasteiger partial charge in [0.15, 0.2) is 0 Å². The molecule has 24 heavy (non-hydrogen) atoms. The van der Waals surface area contributed by atoms with Crippen LogP contribution in [0.15, 0.2) is 47.4 Å². The lowest BCUT2D eigenvalue weighted by Gasteiger charge is -2.30. The van der Waals surface area contributed by atoms with Crippen LogP contribution < -0.4 is 4.72 Å². The number of piperidine rings is 1. The first-order valence-corrected chi connectivity index (χ1v) is 11.1. The number of rotatable bonds is 4. The monoisotopic (exact) mass is 368 g/mol. The summed E-state index contributed by atoms with van der Waals surface area (Å²) in [6.45, 7) is 0.674. The summed E-state index contributed by atoms with van der Waals surface area (Å²) in [5.41, 5.74) is 0. The summed E-state index contributed by atoms with van der Waals surface area (Å²) in [4.78, 5) is 0.228. The highest BCUT2D eigenvalue weighted by Gasteiger charge is 2.28. The largest absolute Gasteiger partial charge is 0.240 e. The molecule has 0 saturated carbocycles. The second-order valence-corrected chi connectivity index (χ2v) is 9.76. The summed E-state index contributed by atoms with van der Waals surface area (Å²) in [6, 6.07) is 12.4. The molecule has 1 N–H and O–H groups in total. The van der Waals surface area contributed by atoms with E-state index in [1.807, 2.05) is 24.3 Å². The third-order valence-electron chi connectivity index (χ3n) is 4.28. The molecule has 0 radical (unpaired) electrons. The van der Waals surface area contributed by atoms with Gasteiger partial charge >= 0.3 is 0 Å². The van der Waals surface area contributed by atoms with Crippen molar-refractivity contribution in [3.8, 4) is 0 Å². The quantitative estimate of drug-likeness (QED) is 0.887. The van der Waals surface area contributed by atoms with Crippen molar-refractivity contribution in [1.82, 2.24) is 9.03 Å². The van der Waals surface area contributed by atoms with Crippen molar-refractivity contribution in [3.63, 3.8) is 0 Å². The van der Waals surface area contributed by atoms with Crippen molar-refractivity contribution >= 4 is 30.8 Å². The predicted molar refractivity (Wildman–Crippen MR) is 93.7 cm³/mol. The molecule has 1 heterocycles. The number of nitrogens with one attached hydrogen (secondary N) is 1. The minimum absolute atomic E-state index is 0.228. The molecule has 1 aliphatic heterocycles. The summed E-state index contributed by atoms with van der Waals surface area (Å²) in [7, 11) is -6.84. The molecule has 0 unspecified atom stereocenters. The van der Waals surface area contributed by atoms with Gasteiger partial charge in [-0.05, 0) is 35.7 Å². The normalized spacial score (nSPS) is 18.0. The summed E-state index contributed by atoms with van der Waals surface area (Å²) in [5.74, 6) is 0. The summed E-state index contributed by atoms with van der Waals surface area (Å²) in [6.07, 6.45) is 2.12. The molecule has 1 fully saturated rings. The third kappa shape index (κ3) is 3.77. The van der Waals surface area contributed by atoms with Gasteiger partial charge in [-0.25, -0.2) is 25.9 Å². The Morgan fingerprint density at radius 2 is 1.58 bits per heavy atom. The Bertz CT molecular complexity index is 947. The van der Waals surface area contributed by atoms with Gasteiger partial charge in [0, 0.05) is 19.1 Å². The minimum Gasteiger partial charge on any atom is -0.213 e. The fraction of sp³-hybridized carbons (Fsp3) is 0.375. The molecule has 3 rings (SSSR count). The standard InChI is InChI=1S/C16H20N2O4S2/c1-23(19,20)18-10-8-15(9-11-18)17-24(21,22)16-7-6-13-4-2-3-5-14(13)12-16/h2-7,12,15,17H,8-11H2,1H3. The lowest BCUT2D eigenvalue weighted by Crippen LogP contribution is -2.46. The molecule has 0 amide bonds. The fourth-order valence-corrected chi connectivity index (χ4v) is 5.14. The van der Waals surface area contributed by atoms with Crippen LogP contribution in [0.25, 0.3) is 10.8 Å². The Hall–Kier alpha value is -1.48. The SMILES string of the molecule is CS(=O)(=O)N1CCC(NS(=O)(=O)c2ccc3ccccc3c2)CC1. The van der Waals surface area contributed by atoms with E-state index in [4.69, 9.17) is 0 Å². The molecule has 0 spiro atoms. The molecular formula is C16H20N2O4S2. The average Bonchev–Trinajstić information content (AvgIpc) is 2.53. The molecule has 0 aliphatic carbocycles. The second kappa shape index (κ2) is 6.44. The van der Waals surface area contributed by atoms with Gasteiger partial charge < -0.3 is 0 Å². The topological polar surface area (TPSA) is 83.6 Å². The number of fused-ring (bicyclic) bond motifs is 1. The maximum absolute atomic E-state index is 12.6. The molecule has 1 aliphatic rings. The van der Waals surface area contributed by atoms with Crippen LogP contribution in [0.1, 0.15) is 12.8 Å². The van der Waals surface area contributed by atoms with Gasteiger partial charge in [-0.15, -0.1) is 0 Å². The Morgan fingerprint density at radius 1 is 0.958 bits per heavy atom. The van der Waals surface area contributed by atoms with Gasteiger partial charge in [0.25, 0.3) is 0 Å². The molecule has 8 heteroatoms. The van der Waals surface area contributed by atoms with Crippen LogP contribution in [0.4, 0.5) is 0 Å². The maximum atomic E-state index is 12.6. The first kappa shape index (κ1) is 17.3. The zero-order valence-corrected chi connectivity index (χ0v) is 15.0. The molecule has 0 bridgehead atoms. The van der Waals surface area contributed by atoms with Crippen molar-refractivity contribution in [2.75, 3.05) is 19.3 Å². The zero-order valence-electron chi connectivity index (χ0n) is 13.3. The minimum atomic E-state index is -3.62. The molecular weight excluding hydrogens is 348 g/mol. The van der Waals surface area contributed by atoms with Crippen LogP contribution in [0, 0.1) is 0 Å². The van der Waals surface area contributed by atoms with E-state index >= 15 is 0 Å². The van der Waals surface area contributed by atoms with Gasteiger partial charge in [-0.3, -0.25) is 0 Å². The molecule has 6 nitrogen and oxygen atoms in total. The molecule has 2 aromatic carbocycles. The van der Waals surface area contributed by atoms with Crippen molar-refractivity contribution in [2.24, 2.45) is 0 Å². The van der Waals surface area contributed by atoms with Gasteiger partial charge in [0.2, 0.25) is 20.0 Å². The summed E-state index contributed by atoms with van der Waals surface area (Å²) >= 11 is 0. The number of benzene rings is 2. The van der Waals surface area contributed by atoms with Crippen molar-refractivity contribution in [2.45, 2.75) is 23.8 Å². The van der Waals surface area contributed by atoms with E-state index in [-0.39, 0.29) is 10.9 Å². The third-order valence-corrected chi connectivity index (χ3v) is 7.10. The number of sulfonamides is 2. The van der Waals surface area contributed by atoms with Crippen LogP contribution in [0.2, 0.25) is 0 Å². The van der Waals surface area contributed by atoms with E-state index in [0.29, 0.717) is 25.9 Å². The highest BCUT2D eigenvalue weighted by Crippen LogP contribution is 2.21. The van der Waals surface area contributed by atoms with Crippen molar-refractivity contribution in [3.05, 3.63) is 42.5 Å². The Kier molecular flexibility index (Phi) is 4.65. The van der Waals surface area contributed by atoms with E-state index in [0.717, 1.165) is 10.8 Å². The first-order valence-electron chi connectivity index (χ1n) is 7.72. The van der Waals surface area contributed by atoms with Crippen LogP contribution in [0.5, 0.6) is 0 Å².